The summed E-state index contributed by atoms with van der Waals surface area (Å²) in [7, 11) is 0. The average molecular weight is 329 g/mol. The first-order chi connectivity index (χ1) is 11.8. The molecule has 2 saturated heterocycles. The topological polar surface area (TPSA) is 45.7 Å². The number of morpholine rings is 1. The van der Waals surface area contributed by atoms with E-state index in [0.717, 1.165) is 52.2 Å². The van der Waals surface area contributed by atoms with Crippen molar-refractivity contribution in [3.05, 3.63) is 30.1 Å². The molecule has 5 nitrogen and oxygen atoms in total. The van der Waals surface area contributed by atoms with Crippen LogP contribution in [0.1, 0.15) is 31.2 Å². The van der Waals surface area contributed by atoms with Crippen molar-refractivity contribution in [2.75, 3.05) is 39.4 Å². The third-order valence-corrected chi connectivity index (χ3v) is 5.98. The maximum absolute atomic E-state index is 12.9. The van der Waals surface area contributed by atoms with Gasteiger partial charge >= 0.3 is 0 Å². The number of likely N-dealkylation sites (tertiary alicyclic amines) is 1. The van der Waals surface area contributed by atoms with Crippen molar-refractivity contribution in [1.29, 1.82) is 0 Å². The molecule has 24 heavy (non-hydrogen) atoms. The highest BCUT2D eigenvalue weighted by atomic mass is 16.5. The molecule has 3 heterocycles. The van der Waals surface area contributed by atoms with Gasteiger partial charge in [-0.05, 0) is 29.9 Å². The van der Waals surface area contributed by atoms with E-state index >= 15 is 0 Å². The van der Waals surface area contributed by atoms with E-state index in [1.54, 1.807) is 6.20 Å². The third kappa shape index (κ3) is 3.07. The molecule has 3 fully saturated rings. The first-order valence-electron chi connectivity index (χ1n) is 9.28. The zero-order valence-corrected chi connectivity index (χ0v) is 14.4. The maximum atomic E-state index is 12.9. The predicted molar refractivity (Wildman–Crippen MR) is 91.6 cm³/mol. The van der Waals surface area contributed by atoms with E-state index in [1.165, 1.54) is 5.56 Å². The van der Waals surface area contributed by atoms with Gasteiger partial charge in [-0.3, -0.25) is 14.7 Å². The summed E-state index contributed by atoms with van der Waals surface area (Å²) in [5.41, 5.74) is 1.21. The molecule has 130 valence electrons. The van der Waals surface area contributed by atoms with Crippen molar-refractivity contribution < 1.29 is 9.53 Å². The molecule has 1 aromatic heterocycles. The molecule has 4 rings (SSSR count). The number of ether oxygens (including phenoxy) is 1. The average Bonchev–Trinajstić information content (AvgIpc) is 3.33. The summed E-state index contributed by atoms with van der Waals surface area (Å²) >= 11 is 0. The largest absolute Gasteiger partial charge is 0.379 e. The maximum Gasteiger partial charge on any atom is 0.226 e. The first-order valence-corrected chi connectivity index (χ1v) is 9.28. The molecule has 0 unspecified atom stereocenters. The van der Waals surface area contributed by atoms with Crippen LogP contribution in [-0.2, 0) is 9.53 Å². The number of carbonyl (C=O) groups is 1. The molecule has 4 atom stereocenters. The van der Waals surface area contributed by atoms with Gasteiger partial charge < -0.3 is 9.64 Å². The van der Waals surface area contributed by atoms with Crippen LogP contribution in [0, 0.1) is 11.8 Å². The van der Waals surface area contributed by atoms with Gasteiger partial charge in [0.05, 0.1) is 13.2 Å². The zero-order valence-electron chi connectivity index (χ0n) is 14.4. The van der Waals surface area contributed by atoms with Crippen LogP contribution in [0.3, 0.4) is 0 Å². The van der Waals surface area contributed by atoms with E-state index in [4.69, 9.17) is 4.74 Å². The lowest BCUT2D eigenvalue weighted by molar-refractivity contribution is -0.132. The minimum atomic E-state index is 0.176. The number of carbonyl (C=O) groups excluding carboxylic acids is 1. The highest BCUT2D eigenvalue weighted by Gasteiger charge is 2.48. The standard InChI is InChI=1S/C19H27N3O2/c1-2-14-12-22(13-18(14)21-6-8-24-9-7-21)19(23)17-10-16(17)15-4-3-5-20-11-15/h3-5,11,14,16-18H,2,6-10,12-13H2,1H3/t14-,16+,17-,18+/m1/s1. The van der Waals surface area contributed by atoms with Crippen LogP contribution < -0.4 is 0 Å². The number of amides is 1. The van der Waals surface area contributed by atoms with Gasteiger partial charge in [0.15, 0.2) is 0 Å². The molecule has 1 amide bonds. The second kappa shape index (κ2) is 6.81. The van der Waals surface area contributed by atoms with Crippen LogP contribution in [0.25, 0.3) is 0 Å². The summed E-state index contributed by atoms with van der Waals surface area (Å²) in [6.45, 7) is 7.73. The number of hydrogen-bond donors (Lipinski definition) is 0. The summed E-state index contributed by atoms with van der Waals surface area (Å²) in [6, 6.07) is 4.57. The lowest BCUT2D eigenvalue weighted by Gasteiger charge is -2.34. The van der Waals surface area contributed by atoms with Gasteiger partial charge in [-0.2, -0.15) is 0 Å². The van der Waals surface area contributed by atoms with Crippen LogP contribution >= 0.6 is 0 Å². The van der Waals surface area contributed by atoms with Gasteiger partial charge in [-0.25, -0.2) is 0 Å². The van der Waals surface area contributed by atoms with Gasteiger partial charge in [0.1, 0.15) is 0 Å². The van der Waals surface area contributed by atoms with Gasteiger partial charge in [-0.15, -0.1) is 0 Å². The smallest absolute Gasteiger partial charge is 0.226 e. The molecule has 5 heteroatoms. The Morgan fingerprint density at radius 1 is 1.33 bits per heavy atom. The Kier molecular flexibility index (Phi) is 4.55. The van der Waals surface area contributed by atoms with E-state index in [0.29, 0.717) is 23.8 Å². The first kappa shape index (κ1) is 16.0. The number of hydrogen-bond acceptors (Lipinski definition) is 4. The van der Waals surface area contributed by atoms with E-state index in [-0.39, 0.29) is 5.92 Å². The van der Waals surface area contributed by atoms with E-state index in [2.05, 4.69) is 27.8 Å². The summed E-state index contributed by atoms with van der Waals surface area (Å²) in [4.78, 5) is 21.8. The SMILES string of the molecule is CC[C@@H]1CN(C(=O)[C@@H]2C[C@H]2c2cccnc2)C[C@@H]1N1CCOCC1. The summed E-state index contributed by atoms with van der Waals surface area (Å²) in [5, 5.41) is 0. The number of nitrogens with zero attached hydrogens (tertiary/aromatic N) is 3. The molecule has 0 spiro atoms. The Bertz CT molecular complexity index is 573. The second-order valence-corrected chi connectivity index (χ2v) is 7.36. The number of rotatable bonds is 4. The van der Waals surface area contributed by atoms with E-state index in [1.807, 2.05) is 12.3 Å². The Morgan fingerprint density at radius 3 is 2.88 bits per heavy atom. The fourth-order valence-corrected chi connectivity index (χ4v) is 4.42. The summed E-state index contributed by atoms with van der Waals surface area (Å²) < 4.78 is 5.49. The van der Waals surface area contributed by atoms with Gasteiger partial charge in [0, 0.05) is 50.5 Å². The van der Waals surface area contributed by atoms with E-state index in [9.17, 15) is 4.79 Å². The van der Waals surface area contributed by atoms with Crippen molar-refractivity contribution in [3.8, 4) is 0 Å². The Labute approximate surface area is 144 Å². The third-order valence-electron chi connectivity index (χ3n) is 5.98. The molecular weight excluding hydrogens is 302 g/mol. The molecule has 1 aromatic rings. The fourth-order valence-electron chi connectivity index (χ4n) is 4.42. The molecule has 0 bridgehead atoms. The van der Waals surface area contributed by atoms with Gasteiger partial charge in [-0.1, -0.05) is 19.4 Å². The summed E-state index contributed by atoms with van der Waals surface area (Å²) in [6.07, 6.45) is 5.83. The highest BCUT2D eigenvalue weighted by Crippen LogP contribution is 2.48. The fraction of sp³-hybridized carbons (Fsp3) is 0.684. The highest BCUT2D eigenvalue weighted by molar-refractivity contribution is 5.83. The monoisotopic (exact) mass is 329 g/mol. The molecule has 1 saturated carbocycles. The normalized spacial score (nSPS) is 33.6. The van der Waals surface area contributed by atoms with Gasteiger partial charge in [0.25, 0.3) is 0 Å². The lowest BCUT2D eigenvalue weighted by atomic mass is 9.99. The van der Waals surface area contributed by atoms with Gasteiger partial charge in [0.2, 0.25) is 5.91 Å². The molecule has 0 N–H and O–H groups in total. The van der Waals surface area contributed by atoms with E-state index < -0.39 is 0 Å². The quantitative estimate of drug-likeness (QED) is 0.844. The minimum absolute atomic E-state index is 0.176. The number of aromatic nitrogens is 1. The van der Waals surface area contributed by atoms with Crippen LogP contribution in [0.2, 0.25) is 0 Å². The minimum Gasteiger partial charge on any atom is -0.379 e. The van der Waals surface area contributed by atoms with Crippen LogP contribution in [0.5, 0.6) is 0 Å². The van der Waals surface area contributed by atoms with Crippen LogP contribution in [0.4, 0.5) is 0 Å². The van der Waals surface area contributed by atoms with Crippen molar-refractivity contribution in [1.82, 2.24) is 14.8 Å². The lowest BCUT2D eigenvalue weighted by Crippen LogP contribution is -2.47. The molecule has 2 aliphatic heterocycles. The Balaban J connectivity index is 1.39. The van der Waals surface area contributed by atoms with Crippen molar-refractivity contribution >= 4 is 5.91 Å². The second-order valence-electron chi connectivity index (χ2n) is 7.36. The summed E-state index contributed by atoms with van der Waals surface area (Å²) in [5.74, 6) is 1.52. The molecule has 3 aliphatic rings. The molecule has 1 aliphatic carbocycles. The Morgan fingerprint density at radius 2 is 2.17 bits per heavy atom. The molecule has 0 aromatic carbocycles. The van der Waals surface area contributed by atoms with Crippen molar-refractivity contribution in [2.24, 2.45) is 11.8 Å². The van der Waals surface area contributed by atoms with Crippen molar-refractivity contribution in [3.63, 3.8) is 0 Å². The molecular formula is C19H27N3O2. The van der Waals surface area contributed by atoms with Crippen LogP contribution in [0.15, 0.2) is 24.5 Å². The number of pyridine rings is 1. The molecule has 0 radical (unpaired) electrons. The van der Waals surface area contributed by atoms with Crippen molar-refractivity contribution in [2.45, 2.75) is 31.7 Å². The van der Waals surface area contributed by atoms with Crippen LogP contribution in [-0.4, -0.2) is 66.1 Å². The Hall–Kier alpha value is -1.46. The zero-order chi connectivity index (χ0) is 16.5. The predicted octanol–water partition coefficient (Wildman–Crippen LogP) is 1.75.